The van der Waals surface area contributed by atoms with Crippen LogP contribution < -0.4 is 14.8 Å². The molecule has 7 nitrogen and oxygen atoms in total. The highest BCUT2D eigenvalue weighted by Gasteiger charge is 2.29. The summed E-state index contributed by atoms with van der Waals surface area (Å²) in [5, 5.41) is 13.1. The Morgan fingerprint density at radius 3 is 2.75 bits per heavy atom. The molecule has 164 valence electrons. The number of methoxy groups -OCH3 is 1. The number of carbonyl (C=O) groups is 1. The molecule has 3 heterocycles. The van der Waals surface area contributed by atoms with Crippen LogP contribution in [0.15, 0.2) is 45.0 Å². The van der Waals surface area contributed by atoms with Crippen LogP contribution in [0.2, 0.25) is 0 Å². The Bertz CT molecular complexity index is 1300. The average Bonchev–Trinajstić information content (AvgIpc) is 3.06. The standard InChI is InChI=1S/C25H25N3O4/c1-5-15-9-14-10-20-22(31-13(3)25(29)26-20)12-18(14)23(28-27-15)24-17(6-2)19-11-16(30-4)7-8-21(19)32-24/h7-8,10-13H,5-6,9H2,1-4H3,(H,26,29). The molecular weight excluding hydrogens is 406 g/mol. The lowest BCUT2D eigenvalue weighted by Gasteiger charge is -2.25. The van der Waals surface area contributed by atoms with Gasteiger partial charge in [0.25, 0.3) is 5.91 Å². The molecule has 0 spiro atoms. The van der Waals surface area contributed by atoms with Gasteiger partial charge in [-0.3, -0.25) is 4.79 Å². The number of nitrogens with zero attached hydrogens (tertiary/aromatic N) is 2. The minimum atomic E-state index is -0.556. The van der Waals surface area contributed by atoms with E-state index in [1.165, 1.54) is 0 Å². The Morgan fingerprint density at radius 1 is 1.16 bits per heavy atom. The second kappa shape index (κ2) is 7.82. The number of anilines is 1. The van der Waals surface area contributed by atoms with E-state index in [-0.39, 0.29) is 5.91 Å². The molecular formula is C25H25N3O4. The highest BCUT2D eigenvalue weighted by molar-refractivity contribution is 6.17. The molecule has 0 radical (unpaired) electrons. The van der Waals surface area contributed by atoms with Crippen LogP contribution in [0.5, 0.6) is 11.5 Å². The van der Waals surface area contributed by atoms with E-state index in [0.29, 0.717) is 29.3 Å². The maximum atomic E-state index is 12.1. The first kappa shape index (κ1) is 20.3. The molecule has 3 aromatic rings. The number of furan rings is 1. The van der Waals surface area contributed by atoms with Gasteiger partial charge in [-0.05, 0) is 55.7 Å². The van der Waals surface area contributed by atoms with Crippen molar-refractivity contribution in [1.29, 1.82) is 0 Å². The van der Waals surface area contributed by atoms with Crippen molar-refractivity contribution in [1.82, 2.24) is 0 Å². The molecule has 0 saturated carbocycles. The van der Waals surface area contributed by atoms with Crippen LogP contribution in [-0.2, 0) is 17.6 Å². The summed E-state index contributed by atoms with van der Waals surface area (Å²) >= 11 is 0. The van der Waals surface area contributed by atoms with Gasteiger partial charge in [0.2, 0.25) is 0 Å². The first-order valence-corrected chi connectivity index (χ1v) is 10.9. The van der Waals surface area contributed by atoms with Gasteiger partial charge in [0.05, 0.1) is 12.8 Å². The predicted octanol–water partition coefficient (Wildman–Crippen LogP) is 4.88. The summed E-state index contributed by atoms with van der Waals surface area (Å²) in [4.78, 5) is 12.1. The van der Waals surface area contributed by atoms with Crippen molar-refractivity contribution in [2.45, 2.75) is 46.1 Å². The van der Waals surface area contributed by atoms with Crippen molar-refractivity contribution >= 4 is 34.0 Å². The number of hydrogen-bond acceptors (Lipinski definition) is 6. The Labute approximate surface area is 186 Å². The van der Waals surface area contributed by atoms with Crippen LogP contribution in [-0.4, -0.2) is 30.5 Å². The van der Waals surface area contributed by atoms with E-state index in [0.717, 1.165) is 52.0 Å². The predicted molar refractivity (Wildman–Crippen MR) is 124 cm³/mol. The normalized spacial score (nSPS) is 17.5. The van der Waals surface area contributed by atoms with E-state index >= 15 is 0 Å². The van der Waals surface area contributed by atoms with Gasteiger partial charge in [-0.1, -0.05) is 13.8 Å². The molecule has 2 aliphatic heterocycles. The van der Waals surface area contributed by atoms with Gasteiger partial charge < -0.3 is 19.2 Å². The molecule has 1 unspecified atom stereocenters. The number of benzene rings is 2. The SMILES string of the molecule is CCC1=NN=C(c2oc3ccc(OC)cc3c2CC)c2cc3c(cc2C1)NC(=O)C(C)O3. The van der Waals surface area contributed by atoms with Crippen molar-refractivity contribution < 1.29 is 18.7 Å². The van der Waals surface area contributed by atoms with Crippen LogP contribution >= 0.6 is 0 Å². The molecule has 1 amide bonds. The molecule has 32 heavy (non-hydrogen) atoms. The van der Waals surface area contributed by atoms with Gasteiger partial charge in [-0.25, -0.2) is 0 Å². The maximum Gasteiger partial charge on any atom is 0.265 e. The van der Waals surface area contributed by atoms with Crippen LogP contribution in [0, 0.1) is 0 Å². The van der Waals surface area contributed by atoms with Crippen LogP contribution in [0.3, 0.4) is 0 Å². The summed E-state index contributed by atoms with van der Waals surface area (Å²) in [6.07, 6.45) is 1.64. The lowest BCUT2D eigenvalue weighted by atomic mass is 9.93. The summed E-state index contributed by atoms with van der Waals surface area (Å²) in [6, 6.07) is 9.72. The number of fused-ring (bicyclic) bond motifs is 3. The zero-order valence-corrected chi connectivity index (χ0v) is 18.6. The Balaban J connectivity index is 1.73. The van der Waals surface area contributed by atoms with Crippen molar-refractivity contribution in [3.05, 3.63) is 52.8 Å². The number of rotatable bonds is 4. The van der Waals surface area contributed by atoms with Gasteiger partial charge in [0.15, 0.2) is 11.9 Å². The molecule has 2 aliphatic rings. The molecule has 7 heteroatoms. The zero-order chi connectivity index (χ0) is 22.4. The molecule has 0 aliphatic carbocycles. The number of ether oxygens (including phenoxy) is 2. The van der Waals surface area contributed by atoms with Crippen molar-refractivity contribution in [3.63, 3.8) is 0 Å². The largest absolute Gasteiger partial charge is 0.497 e. The van der Waals surface area contributed by atoms with Crippen LogP contribution in [0.4, 0.5) is 5.69 Å². The lowest BCUT2D eigenvalue weighted by molar-refractivity contribution is -0.122. The third kappa shape index (κ3) is 3.25. The molecule has 1 aromatic heterocycles. The number of nitrogens with one attached hydrogen (secondary N) is 1. The third-order valence-corrected chi connectivity index (χ3v) is 6.05. The summed E-state index contributed by atoms with van der Waals surface area (Å²) in [6.45, 7) is 5.90. The van der Waals surface area contributed by atoms with Gasteiger partial charge in [0, 0.05) is 28.6 Å². The van der Waals surface area contributed by atoms with E-state index in [4.69, 9.17) is 13.9 Å². The van der Waals surface area contributed by atoms with Gasteiger partial charge in [-0.2, -0.15) is 5.10 Å². The number of aryl methyl sites for hydroxylation is 1. The number of amides is 1. The summed E-state index contributed by atoms with van der Waals surface area (Å²) in [5.74, 6) is 1.95. The van der Waals surface area contributed by atoms with E-state index in [1.807, 2.05) is 30.3 Å². The van der Waals surface area contributed by atoms with Crippen molar-refractivity contribution in [2.24, 2.45) is 10.2 Å². The van der Waals surface area contributed by atoms with Gasteiger partial charge >= 0.3 is 0 Å². The van der Waals surface area contributed by atoms with E-state index in [9.17, 15) is 4.79 Å². The molecule has 5 rings (SSSR count). The smallest absolute Gasteiger partial charge is 0.265 e. The van der Waals surface area contributed by atoms with E-state index in [1.54, 1.807) is 14.0 Å². The quantitative estimate of drug-likeness (QED) is 0.638. The minimum absolute atomic E-state index is 0.149. The third-order valence-electron chi connectivity index (χ3n) is 6.05. The molecule has 0 saturated heterocycles. The van der Waals surface area contributed by atoms with E-state index < -0.39 is 6.10 Å². The molecule has 2 aromatic carbocycles. The van der Waals surface area contributed by atoms with E-state index in [2.05, 4.69) is 29.4 Å². The van der Waals surface area contributed by atoms with Crippen molar-refractivity contribution in [2.75, 3.05) is 12.4 Å². The summed E-state index contributed by atoms with van der Waals surface area (Å²) in [5.41, 5.74) is 6.08. The summed E-state index contributed by atoms with van der Waals surface area (Å²) in [7, 11) is 1.66. The first-order valence-electron chi connectivity index (χ1n) is 10.9. The molecule has 0 fully saturated rings. The number of hydrogen-bond donors (Lipinski definition) is 1. The lowest BCUT2D eigenvalue weighted by Crippen LogP contribution is -2.34. The fourth-order valence-electron chi connectivity index (χ4n) is 4.26. The van der Waals surface area contributed by atoms with Gasteiger partial charge in [0.1, 0.15) is 22.8 Å². The molecule has 1 N–H and O–H groups in total. The van der Waals surface area contributed by atoms with Crippen LogP contribution in [0.25, 0.3) is 11.0 Å². The second-order valence-electron chi connectivity index (χ2n) is 8.03. The van der Waals surface area contributed by atoms with Crippen LogP contribution in [0.1, 0.15) is 49.6 Å². The average molecular weight is 431 g/mol. The first-order chi connectivity index (χ1) is 15.5. The highest BCUT2D eigenvalue weighted by Crippen LogP contribution is 2.37. The van der Waals surface area contributed by atoms with Gasteiger partial charge in [-0.15, -0.1) is 5.10 Å². The molecule has 0 bridgehead atoms. The second-order valence-corrected chi connectivity index (χ2v) is 8.03. The fraction of sp³-hybridized carbons (Fsp3) is 0.320. The summed E-state index contributed by atoms with van der Waals surface area (Å²) < 4.78 is 17.6. The topological polar surface area (TPSA) is 85.4 Å². The zero-order valence-electron chi connectivity index (χ0n) is 18.6. The fourth-order valence-corrected chi connectivity index (χ4v) is 4.26. The highest BCUT2D eigenvalue weighted by atomic mass is 16.5. The monoisotopic (exact) mass is 431 g/mol. The van der Waals surface area contributed by atoms with Crippen molar-refractivity contribution in [3.8, 4) is 11.5 Å². The number of carbonyl (C=O) groups excluding carboxylic acids is 1. The maximum absolute atomic E-state index is 12.1. The Morgan fingerprint density at radius 2 is 2.00 bits per heavy atom. The molecule has 1 atom stereocenters. The Hall–Kier alpha value is -3.61. The Kier molecular flexibility index (Phi) is 4.96. The minimum Gasteiger partial charge on any atom is -0.497 e.